The number of benzene rings is 2. The van der Waals surface area contributed by atoms with Crippen LogP contribution in [0.2, 0.25) is 5.02 Å². The second-order valence-electron chi connectivity index (χ2n) is 16.5. The van der Waals surface area contributed by atoms with Crippen molar-refractivity contribution in [3.8, 4) is 5.75 Å². The quantitative estimate of drug-likeness (QED) is 0.370. The molecule has 3 fully saturated rings. The number of hydrogen-bond acceptors (Lipinski definition) is 8. The van der Waals surface area contributed by atoms with E-state index < -0.39 is 21.2 Å². The molecule has 1 saturated carbocycles. The molecule has 8 rings (SSSR count). The van der Waals surface area contributed by atoms with Gasteiger partial charge in [0.25, 0.3) is 5.91 Å². The van der Waals surface area contributed by atoms with Crippen LogP contribution >= 0.6 is 11.6 Å². The van der Waals surface area contributed by atoms with E-state index in [0.717, 1.165) is 94.0 Å². The minimum Gasteiger partial charge on any atom is -0.490 e. The van der Waals surface area contributed by atoms with Gasteiger partial charge in [-0.1, -0.05) is 31.0 Å². The topological polar surface area (TPSA) is 97.4 Å². The monoisotopic (exact) mass is 739 g/mol. The van der Waals surface area contributed by atoms with Crippen molar-refractivity contribution >= 4 is 33.2 Å². The fourth-order valence-electron chi connectivity index (χ4n) is 10.0. The van der Waals surface area contributed by atoms with Crippen LogP contribution in [0.3, 0.4) is 0 Å². The molecule has 2 aromatic rings. The average Bonchev–Trinajstić information content (AvgIpc) is 3.61. The van der Waals surface area contributed by atoms with Gasteiger partial charge in [-0.2, -0.15) is 0 Å². The molecule has 1 amide bonds. The lowest BCUT2D eigenvalue weighted by atomic mass is 9.64. The maximum absolute atomic E-state index is 13.6. The molecule has 2 aliphatic carbocycles. The van der Waals surface area contributed by atoms with Crippen molar-refractivity contribution < 1.29 is 27.4 Å². The Kier molecular flexibility index (Phi) is 10.1. The van der Waals surface area contributed by atoms with E-state index in [1.807, 2.05) is 25.1 Å². The lowest BCUT2D eigenvalue weighted by Gasteiger charge is -2.49. The number of aryl methyl sites for hydroxylation is 1. The predicted octanol–water partition coefficient (Wildman–Crippen LogP) is 6.56. The second kappa shape index (κ2) is 14.5. The van der Waals surface area contributed by atoms with Crippen LogP contribution in [0.15, 0.2) is 36.4 Å². The van der Waals surface area contributed by atoms with Crippen LogP contribution < -0.4 is 14.4 Å². The van der Waals surface area contributed by atoms with E-state index >= 15 is 0 Å². The molecule has 11 heteroatoms. The molecular weight excluding hydrogens is 686 g/mol. The van der Waals surface area contributed by atoms with Crippen LogP contribution in [-0.2, 0) is 31.3 Å². The number of nitrogens with one attached hydrogen (secondary N) is 1. The van der Waals surface area contributed by atoms with Crippen molar-refractivity contribution in [2.45, 2.75) is 101 Å². The third-order valence-corrected chi connectivity index (χ3v) is 15.6. The highest BCUT2D eigenvalue weighted by atomic mass is 35.5. The van der Waals surface area contributed by atoms with Gasteiger partial charge in [0.1, 0.15) is 5.75 Å². The third-order valence-electron chi connectivity index (χ3n) is 13.4. The van der Waals surface area contributed by atoms with Gasteiger partial charge < -0.3 is 19.1 Å². The van der Waals surface area contributed by atoms with Crippen LogP contribution in [0.25, 0.3) is 0 Å². The number of fused-ring (bicyclic) bond motifs is 4. The van der Waals surface area contributed by atoms with Crippen molar-refractivity contribution in [2.75, 3.05) is 50.9 Å². The van der Waals surface area contributed by atoms with Gasteiger partial charge in [0, 0.05) is 35.0 Å². The molecule has 51 heavy (non-hydrogen) atoms. The maximum atomic E-state index is 13.6. The highest BCUT2D eigenvalue weighted by Gasteiger charge is 2.47. The summed E-state index contributed by atoms with van der Waals surface area (Å²) in [5, 5.41) is 0.0401. The van der Waals surface area contributed by atoms with Gasteiger partial charge >= 0.3 is 0 Å². The predicted molar refractivity (Wildman–Crippen MR) is 199 cm³/mol. The Labute approximate surface area is 308 Å². The van der Waals surface area contributed by atoms with Gasteiger partial charge in [0.15, 0.2) is 6.29 Å². The molecule has 0 radical (unpaired) electrons. The third kappa shape index (κ3) is 7.05. The number of nitrogens with zero attached hydrogens (tertiary/aromatic N) is 2. The molecule has 2 saturated heterocycles. The molecule has 4 heterocycles. The summed E-state index contributed by atoms with van der Waals surface area (Å²) in [5.74, 6) is 1.10. The van der Waals surface area contributed by atoms with Crippen LogP contribution in [0.4, 0.5) is 5.69 Å². The standard InChI is InChI=1S/C40H54ClN3O6S/c1-26-7-5-9-34(39-48-22-32(23-49-39)43-17-3-4-18-43)33-13-10-30(33)21-44-24-40(16-6-8-28-19-31(41)12-14-35(28)40)25-50-37-15-11-29(20-36(37)44)38(45)42-51(46,47)27(26)2/h11-12,14-15,19-20,26-27,30,32-34,39H,3-10,13,16-18,21-25H2,1-2H3,(H,42,45)/t26-,27+,30-,32-,33+,34-,39+,40-/m0/s1. The Balaban J connectivity index is 1.14. The Morgan fingerprint density at radius 2 is 1.73 bits per heavy atom. The smallest absolute Gasteiger partial charge is 0.264 e. The Hall–Kier alpha value is -2.37. The summed E-state index contributed by atoms with van der Waals surface area (Å²) in [4.78, 5) is 18.6. The molecule has 6 aliphatic rings. The number of carbonyl (C=O) groups excluding carboxylic acids is 1. The zero-order chi connectivity index (χ0) is 35.3. The van der Waals surface area contributed by atoms with Gasteiger partial charge in [-0.05, 0) is 137 Å². The van der Waals surface area contributed by atoms with Gasteiger partial charge in [-0.3, -0.25) is 9.69 Å². The molecule has 6 atom stereocenters. The molecular formula is C40H54ClN3O6S. The molecule has 2 bridgehead atoms. The van der Waals surface area contributed by atoms with Gasteiger partial charge in [-0.15, -0.1) is 0 Å². The average molecular weight is 740 g/mol. The highest BCUT2D eigenvalue weighted by Crippen LogP contribution is 2.49. The minimum absolute atomic E-state index is 0.117. The van der Waals surface area contributed by atoms with Gasteiger partial charge in [0.05, 0.1) is 36.8 Å². The van der Waals surface area contributed by atoms with Crippen molar-refractivity contribution in [1.29, 1.82) is 0 Å². The summed E-state index contributed by atoms with van der Waals surface area (Å²) >= 11 is 6.49. The summed E-state index contributed by atoms with van der Waals surface area (Å²) in [5.41, 5.74) is 3.52. The van der Waals surface area contributed by atoms with E-state index in [1.54, 1.807) is 13.0 Å². The van der Waals surface area contributed by atoms with E-state index in [2.05, 4.69) is 26.7 Å². The van der Waals surface area contributed by atoms with Crippen molar-refractivity contribution in [3.63, 3.8) is 0 Å². The largest absolute Gasteiger partial charge is 0.490 e. The number of carbonyl (C=O) groups is 1. The molecule has 0 aromatic heterocycles. The van der Waals surface area contributed by atoms with Crippen LogP contribution in [0.5, 0.6) is 5.75 Å². The number of hydrogen-bond donors (Lipinski definition) is 1. The van der Waals surface area contributed by atoms with Crippen molar-refractivity contribution in [1.82, 2.24) is 9.62 Å². The lowest BCUT2D eigenvalue weighted by Crippen LogP contribution is -2.52. The first-order valence-corrected chi connectivity index (χ1v) is 21.4. The van der Waals surface area contributed by atoms with E-state index in [0.29, 0.717) is 43.3 Å². The van der Waals surface area contributed by atoms with E-state index in [9.17, 15) is 13.2 Å². The fourth-order valence-corrected chi connectivity index (χ4v) is 11.6. The molecule has 278 valence electrons. The number of ether oxygens (including phenoxy) is 3. The first kappa shape index (κ1) is 35.6. The first-order chi connectivity index (χ1) is 24.6. The van der Waals surface area contributed by atoms with E-state index in [4.69, 9.17) is 25.8 Å². The Morgan fingerprint density at radius 3 is 2.49 bits per heavy atom. The number of halogens is 1. The molecule has 2 aromatic carbocycles. The van der Waals surface area contributed by atoms with Gasteiger partial charge in [-0.25, -0.2) is 13.1 Å². The Bertz CT molecular complexity index is 1710. The highest BCUT2D eigenvalue weighted by molar-refractivity contribution is 7.90. The molecule has 1 spiro atoms. The molecule has 9 nitrogen and oxygen atoms in total. The number of likely N-dealkylation sites (tertiary alicyclic amines) is 1. The molecule has 0 unspecified atom stereocenters. The number of anilines is 1. The summed E-state index contributed by atoms with van der Waals surface area (Å²) in [6.07, 6.45) is 10.1. The van der Waals surface area contributed by atoms with Crippen LogP contribution in [0.1, 0.15) is 93.1 Å². The fraction of sp³-hybridized carbons (Fsp3) is 0.675. The zero-order valence-electron chi connectivity index (χ0n) is 30.2. The van der Waals surface area contributed by atoms with Gasteiger partial charge in [0.2, 0.25) is 10.0 Å². The van der Waals surface area contributed by atoms with Crippen molar-refractivity contribution in [2.24, 2.45) is 23.7 Å². The number of rotatable bonds is 2. The maximum Gasteiger partial charge on any atom is 0.264 e. The summed E-state index contributed by atoms with van der Waals surface area (Å²) < 4.78 is 49.4. The number of amides is 1. The minimum atomic E-state index is -3.90. The summed E-state index contributed by atoms with van der Waals surface area (Å²) in [6, 6.07) is 12.0. The molecule has 1 N–H and O–H groups in total. The van der Waals surface area contributed by atoms with Crippen molar-refractivity contribution in [3.05, 3.63) is 58.1 Å². The van der Waals surface area contributed by atoms with E-state index in [-0.39, 0.29) is 23.5 Å². The SMILES string of the molecule is C[C@@H]1[C@@H](C)CCC[C@H]([C@H]2OC[C@@H](N3CCCC3)CO2)[C@@H]2CC[C@H]2CN2C[C@@]3(CCCc4cc(Cl)ccc43)COc3ccc(cc32)C(=O)NS1(=O)=O. The lowest BCUT2D eigenvalue weighted by molar-refractivity contribution is -0.242. The van der Waals surface area contributed by atoms with Crippen LogP contribution in [-0.4, -0.2) is 82.8 Å². The summed E-state index contributed by atoms with van der Waals surface area (Å²) in [7, 11) is -3.90. The zero-order valence-corrected chi connectivity index (χ0v) is 31.7. The van der Waals surface area contributed by atoms with Crippen LogP contribution in [0, 0.1) is 23.7 Å². The Morgan fingerprint density at radius 1 is 0.922 bits per heavy atom. The normalized spacial score (nSPS) is 35.9. The molecule has 4 aliphatic heterocycles. The second-order valence-corrected chi connectivity index (χ2v) is 18.9. The van der Waals surface area contributed by atoms with E-state index in [1.165, 1.54) is 24.0 Å². The summed E-state index contributed by atoms with van der Waals surface area (Å²) in [6.45, 7) is 9.45. The number of sulfonamides is 1. The first-order valence-electron chi connectivity index (χ1n) is 19.4.